The number of hydrogen-bond donors (Lipinski definition) is 9. The Morgan fingerprint density at radius 2 is 1.17 bits per heavy atom. The lowest BCUT2D eigenvalue weighted by atomic mass is 10.1. The molecular weight excluding hydrogens is 604 g/mol. The molecule has 0 aromatic heterocycles. The molecule has 46 heavy (non-hydrogen) atoms. The molecule has 0 aliphatic carbocycles. The second kappa shape index (κ2) is 20.1. The molecule has 1 aromatic carbocycles. The van der Waals surface area contributed by atoms with E-state index in [0.29, 0.717) is 19.4 Å². The smallest absolute Gasteiger partial charge is 0.322 e. The van der Waals surface area contributed by atoms with Crippen molar-refractivity contribution in [2.45, 2.75) is 83.1 Å². The first-order valence-electron chi connectivity index (χ1n) is 14.7. The predicted octanol–water partition coefficient (Wildman–Crippen LogP) is -2.62. The van der Waals surface area contributed by atoms with E-state index in [9.17, 15) is 38.4 Å². The molecule has 1 aromatic rings. The fourth-order valence-corrected chi connectivity index (χ4v) is 3.92. The van der Waals surface area contributed by atoms with E-state index in [1.807, 2.05) is 0 Å². The lowest BCUT2D eigenvalue weighted by molar-refractivity contribution is -0.138. The number of aliphatic carboxylic acids is 1. The van der Waals surface area contributed by atoms with Crippen LogP contribution >= 0.6 is 0 Å². The van der Waals surface area contributed by atoms with Gasteiger partial charge >= 0.3 is 5.97 Å². The Kier molecular flexibility index (Phi) is 17.0. The van der Waals surface area contributed by atoms with Gasteiger partial charge in [-0.05, 0) is 65.1 Å². The molecule has 0 unspecified atom stereocenters. The minimum atomic E-state index is -1.26. The number of carboxylic acids is 1. The van der Waals surface area contributed by atoms with E-state index in [-0.39, 0.29) is 24.8 Å². The third-order valence-corrected chi connectivity index (χ3v) is 6.59. The molecule has 0 radical (unpaired) electrons. The third-order valence-electron chi connectivity index (χ3n) is 6.59. The van der Waals surface area contributed by atoms with Crippen LogP contribution in [0.5, 0.6) is 0 Å². The maximum atomic E-state index is 13.0. The fourth-order valence-electron chi connectivity index (χ4n) is 3.92. The van der Waals surface area contributed by atoms with Gasteiger partial charge in [-0.3, -0.25) is 38.4 Å². The van der Waals surface area contributed by atoms with Crippen molar-refractivity contribution in [3.8, 4) is 0 Å². The number of benzene rings is 1. The van der Waals surface area contributed by atoms with Crippen LogP contribution in [0.2, 0.25) is 0 Å². The van der Waals surface area contributed by atoms with Gasteiger partial charge in [-0.2, -0.15) is 0 Å². The number of nitrogens with one attached hydrogen (secondary N) is 6. The van der Waals surface area contributed by atoms with Crippen molar-refractivity contribution in [3.63, 3.8) is 0 Å². The van der Waals surface area contributed by atoms with Crippen molar-refractivity contribution < 1.29 is 43.5 Å². The van der Waals surface area contributed by atoms with Crippen LogP contribution in [0.25, 0.3) is 0 Å². The molecule has 0 aliphatic heterocycles. The number of carbonyl (C=O) groups is 8. The molecule has 0 saturated carbocycles. The Bertz CT molecular complexity index is 1240. The van der Waals surface area contributed by atoms with Crippen LogP contribution in [0.15, 0.2) is 30.3 Å². The van der Waals surface area contributed by atoms with Crippen molar-refractivity contribution in [2.75, 3.05) is 13.1 Å². The van der Waals surface area contributed by atoms with E-state index in [1.54, 1.807) is 18.2 Å². The summed E-state index contributed by atoms with van der Waals surface area (Å²) in [6.07, 6.45) is 0.823. The van der Waals surface area contributed by atoms with Gasteiger partial charge < -0.3 is 48.5 Å². The average molecular weight is 649 g/mol. The van der Waals surface area contributed by atoms with E-state index in [1.165, 1.54) is 32.9 Å². The highest BCUT2D eigenvalue weighted by Crippen LogP contribution is 2.05. The summed E-state index contributed by atoms with van der Waals surface area (Å²) >= 11 is 0. The quantitative estimate of drug-likeness (QED) is 0.0664. The number of carboxylic acid groups (broad SMARTS) is 1. The summed E-state index contributed by atoms with van der Waals surface area (Å²) in [6, 6.07) is 2.29. The van der Waals surface area contributed by atoms with Gasteiger partial charge in [0.2, 0.25) is 35.4 Å². The van der Waals surface area contributed by atoms with Crippen LogP contribution in [0, 0.1) is 0 Å². The first kappa shape index (κ1) is 39.0. The normalized spacial score (nSPS) is 13.8. The summed E-state index contributed by atoms with van der Waals surface area (Å²) in [4.78, 5) is 98.3. The van der Waals surface area contributed by atoms with Crippen LogP contribution in [0.1, 0.15) is 63.2 Å². The molecule has 5 atom stereocenters. The number of rotatable bonds is 20. The number of primary amides is 1. The third kappa shape index (κ3) is 14.6. The molecule has 17 nitrogen and oxygen atoms in total. The minimum Gasteiger partial charge on any atom is -0.480 e. The number of unbranched alkanes of at least 4 members (excludes halogenated alkanes) is 1. The molecule has 0 saturated heterocycles. The van der Waals surface area contributed by atoms with Crippen molar-refractivity contribution >= 4 is 47.3 Å². The highest BCUT2D eigenvalue weighted by atomic mass is 16.4. The molecule has 254 valence electrons. The average Bonchev–Trinajstić information content (AvgIpc) is 3.01. The van der Waals surface area contributed by atoms with Gasteiger partial charge in [0.05, 0.1) is 0 Å². The lowest BCUT2D eigenvalue weighted by Gasteiger charge is -2.24. The first-order valence-corrected chi connectivity index (χ1v) is 14.7. The Balaban J connectivity index is 2.83. The van der Waals surface area contributed by atoms with Crippen LogP contribution in [-0.2, 0) is 33.6 Å². The molecule has 1 rings (SSSR count). The molecule has 11 N–H and O–H groups in total. The molecule has 0 aliphatic rings. The number of nitrogens with two attached hydrogens (primary N) is 2. The Hall–Kier alpha value is -5.06. The molecular formula is C29H44N8O9. The number of carbonyl (C=O) groups excluding carboxylic acids is 7. The summed E-state index contributed by atoms with van der Waals surface area (Å²) in [7, 11) is 0. The zero-order chi connectivity index (χ0) is 34.8. The van der Waals surface area contributed by atoms with Gasteiger partial charge in [-0.15, -0.1) is 0 Å². The summed E-state index contributed by atoms with van der Waals surface area (Å²) in [5.74, 6) is -6.23. The molecule has 17 heteroatoms. The van der Waals surface area contributed by atoms with Gasteiger partial charge in [-0.25, -0.2) is 0 Å². The van der Waals surface area contributed by atoms with Gasteiger partial charge in [-0.1, -0.05) is 18.2 Å². The Morgan fingerprint density at radius 1 is 0.674 bits per heavy atom. The van der Waals surface area contributed by atoms with E-state index >= 15 is 0 Å². The second-order valence-electron chi connectivity index (χ2n) is 10.5. The molecule has 0 bridgehead atoms. The van der Waals surface area contributed by atoms with Crippen molar-refractivity contribution in [1.82, 2.24) is 31.9 Å². The summed E-state index contributed by atoms with van der Waals surface area (Å²) in [5, 5.41) is 23.2. The Morgan fingerprint density at radius 3 is 1.70 bits per heavy atom. The largest absolute Gasteiger partial charge is 0.480 e. The lowest BCUT2D eigenvalue weighted by Crippen LogP contribution is -2.58. The maximum absolute atomic E-state index is 13.0. The number of hydrogen-bond acceptors (Lipinski definition) is 9. The van der Waals surface area contributed by atoms with Crippen molar-refractivity contribution in [2.24, 2.45) is 11.5 Å². The van der Waals surface area contributed by atoms with Crippen molar-refractivity contribution in [3.05, 3.63) is 35.9 Å². The van der Waals surface area contributed by atoms with Gasteiger partial charge in [0.25, 0.3) is 5.91 Å². The van der Waals surface area contributed by atoms with Gasteiger partial charge in [0.15, 0.2) is 0 Å². The van der Waals surface area contributed by atoms with E-state index in [4.69, 9.17) is 16.6 Å². The predicted molar refractivity (Wildman–Crippen MR) is 164 cm³/mol. The summed E-state index contributed by atoms with van der Waals surface area (Å²) in [6.45, 7) is 3.75. The molecule has 0 heterocycles. The summed E-state index contributed by atoms with van der Waals surface area (Å²) < 4.78 is 0. The molecule has 0 fully saturated rings. The first-order chi connectivity index (χ1) is 21.7. The fraction of sp³-hybridized carbons (Fsp3) is 0.517. The Labute approximate surface area is 266 Å². The maximum Gasteiger partial charge on any atom is 0.322 e. The molecule has 7 amide bonds. The zero-order valence-electron chi connectivity index (χ0n) is 26.1. The SMILES string of the molecule is C[C@H](NC(=O)[C@H](C)NC(=O)[C@H](CCC(N)=O)NC(=O)c1ccccc1)C(=O)N[C@@H](CCCCN)C(=O)N[C@@H](C)C(=O)NCC(=O)O. The van der Waals surface area contributed by atoms with Crippen LogP contribution in [0.4, 0.5) is 0 Å². The standard InChI is InChI=1S/C29H44N8O9/c1-16(24(41)32-15-23(39)40)34-28(45)20(11-7-8-14-30)36-26(43)18(3)33-25(42)17(2)35-29(46)21(12-13-22(31)38)37-27(44)19-9-5-4-6-10-19/h4-6,9-10,16-18,20-21H,7-8,11-15,30H2,1-3H3,(H2,31,38)(H,32,41)(H,33,42)(H,34,45)(H,35,46)(H,36,43)(H,37,44)(H,39,40)/t16-,17-,18-,20-,21-/m0/s1. The van der Waals surface area contributed by atoms with Crippen LogP contribution in [0.3, 0.4) is 0 Å². The highest BCUT2D eigenvalue weighted by Gasteiger charge is 2.29. The van der Waals surface area contributed by atoms with E-state index < -0.39 is 84.1 Å². The van der Waals surface area contributed by atoms with Crippen LogP contribution in [-0.4, -0.2) is 95.7 Å². The zero-order valence-corrected chi connectivity index (χ0v) is 26.1. The second-order valence-corrected chi connectivity index (χ2v) is 10.5. The van der Waals surface area contributed by atoms with E-state index in [0.717, 1.165) is 0 Å². The minimum absolute atomic E-state index is 0.125. The van der Waals surface area contributed by atoms with Gasteiger partial charge in [0.1, 0.15) is 36.8 Å². The topological polar surface area (TPSA) is 281 Å². The van der Waals surface area contributed by atoms with Crippen LogP contribution < -0.4 is 43.4 Å². The summed E-state index contributed by atoms with van der Waals surface area (Å²) in [5.41, 5.74) is 11.0. The van der Waals surface area contributed by atoms with Gasteiger partial charge in [0, 0.05) is 12.0 Å². The monoisotopic (exact) mass is 648 g/mol. The number of amides is 7. The highest BCUT2D eigenvalue weighted by molar-refractivity contribution is 5.99. The van der Waals surface area contributed by atoms with Crippen molar-refractivity contribution in [1.29, 1.82) is 0 Å². The molecule has 0 spiro atoms. The van der Waals surface area contributed by atoms with E-state index in [2.05, 4.69) is 31.9 Å².